The molecule has 0 unspecified atom stereocenters. The molecule has 0 bridgehead atoms. The van der Waals surface area contributed by atoms with Crippen LogP contribution in [0, 0.1) is 0 Å². The molecule has 0 amide bonds. The second-order valence-electron chi connectivity index (χ2n) is 3.08. The smallest absolute Gasteiger partial charge is 0.335 e. The first-order chi connectivity index (χ1) is 9.44. The molecule has 0 heterocycles. The molecule has 0 atom stereocenters. The molecule has 8 heteroatoms. The number of aliphatic hydroxyl groups excluding tert-OH is 4. The topological polar surface area (TPSA) is 156 Å². The molecule has 114 valence electrons. The highest BCUT2D eigenvalue weighted by Gasteiger charge is 2.04. The molecule has 6 N–H and O–H groups in total. The van der Waals surface area contributed by atoms with Gasteiger partial charge in [0.1, 0.15) is 0 Å². The van der Waals surface area contributed by atoms with Gasteiger partial charge in [0.15, 0.2) is 0 Å². The summed E-state index contributed by atoms with van der Waals surface area (Å²) in [6.45, 7) is -0.500. The first-order valence-electron chi connectivity index (χ1n) is 5.44. The predicted octanol–water partition coefficient (Wildman–Crippen LogP) is -0.975. The van der Waals surface area contributed by atoms with Crippen molar-refractivity contribution < 1.29 is 40.2 Å². The van der Waals surface area contributed by atoms with Gasteiger partial charge in [-0.05, 0) is 24.3 Å². The second-order valence-corrected chi connectivity index (χ2v) is 3.08. The van der Waals surface area contributed by atoms with Crippen molar-refractivity contribution in [1.82, 2.24) is 0 Å². The Morgan fingerprint density at radius 1 is 0.650 bits per heavy atom. The van der Waals surface area contributed by atoms with Gasteiger partial charge in [-0.1, -0.05) is 0 Å². The number of carboxylic acids is 2. The van der Waals surface area contributed by atoms with E-state index in [-0.39, 0.29) is 37.6 Å². The van der Waals surface area contributed by atoms with Crippen LogP contribution >= 0.6 is 0 Å². The molecule has 0 radical (unpaired) electrons. The van der Waals surface area contributed by atoms with Gasteiger partial charge >= 0.3 is 11.9 Å². The van der Waals surface area contributed by atoms with Gasteiger partial charge < -0.3 is 30.6 Å². The van der Waals surface area contributed by atoms with E-state index in [0.717, 1.165) is 0 Å². The van der Waals surface area contributed by atoms with Gasteiger partial charge in [0.05, 0.1) is 37.6 Å². The lowest BCUT2D eigenvalue weighted by molar-refractivity contribution is 0.0681. The van der Waals surface area contributed by atoms with Crippen LogP contribution in [-0.2, 0) is 0 Å². The summed E-state index contributed by atoms with van der Waals surface area (Å²) in [6, 6.07) is 5.02. The second kappa shape index (κ2) is 13.4. The summed E-state index contributed by atoms with van der Waals surface area (Å²) in [5, 5.41) is 47.4. The van der Waals surface area contributed by atoms with Crippen LogP contribution in [0.5, 0.6) is 0 Å². The fraction of sp³-hybridized carbons (Fsp3) is 0.333. The molecule has 0 spiro atoms. The molecular formula is C12H18O8. The first-order valence-corrected chi connectivity index (χ1v) is 5.44. The highest BCUT2D eigenvalue weighted by molar-refractivity contribution is 5.91. The van der Waals surface area contributed by atoms with Gasteiger partial charge in [0.2, 0.25) is 0 Å². The van der Waals surface area contributed by atoms with E-state index in [0.29, 0.717) is 0 Å². The van der Waals surface area contributed by atoms with Crippen LogP contribution in [0.15, 0.2) is 24.3 Å². The van der Waals surface area contributed by atoms with Crippen molar-refractivity contribution in [3.63, 3.8) is 0 Å². The summed E-state index contributed by atoms with van der Waals surface area (Å²) in [7, 11) is 0. The zero-order valence-corrected chi connectivity index (χ0v) is 10.6. The van der Waals surface area contributed by atoms with Crippen LogP contribution in [0.1, 0.15) is 20.7 Å². The lowest BCUT2D eigenvalue weighted by Crippen LogP contribution is -1.99. The molecule has 1 aromatic rings. The maximum absolute atomic E-state index is 10.3. The van der Waals surface area contributed by atoms with Crippen molar-refractivity contribution >= 4 is 11.9 Å². The Hall–Kier alpha value is -2.00. The average Bonchev–Trinajstić information content (AvgIpc) is 2.47. The lowest BCUT2D eigenvalue weighted by atomic mass is 10.1. The Balaban J connectivity index is 0. The SMILES string of the molecule is O=C(O)c1ccc(C(=O)O)cc1.OCCO.OCCO. The molecular weight excluding hydrogens is 272 g/mol. The van der Waals surface area contributed by atoms with Crippen molar-refractivity contribution in [3.8, 4) is 0 Å². The van der Waals surface area contributed by atoms with E-state index in [2.05, 4.69) is 0 Å². The maximum Gasteiger partial charge on any atom is 0.335 e. The zero-order valence-electron chi connectivity index (χ0n) is 10.6. The van der Waals surface area contributed by atoms with Gasteiger partial charge in [-0.3, -0.25) is 0 Å². The third-order valence-electron chi connectivity index (χ3n) is 1.58. The molecule has 20 heavy (non-hydrogen) atoms. The van der Waals surface area contributed by atoms with Crippen LogP contribution in [0.25, 0.3) is 0 Å². The Labute approximate surface area is 115 Å². The Morgan fingerprint density at radius 3 is 0.950 bits per heavy atom. The largest absolute Gasteiger partial charge is 0.478 e. The monoisotopic (exact) mass is 290 g/mol. The van der Waals surface area contributed by atoms with E-state index < -0.39 is 11.9 Å². The van der Waals surface area contributed by atoms with E-state index >= 15 is 0 Å². The Morgan fingerprint density at radius 2 is 0.850 bits per heavy atom. The molecule has 0 aliphatic carbocycles. The standard InChI is InChI=1S/C8H6O4.2C2H6O2/c9-7(10)5-1-2-6(4-3-5)8(11)12;2*3-1-2-4/h1-4H,(H,9,10)(H,11,12);2*3-4H,1-2H2. The molecule has 1 aromatic carbocycles. The fourth-order valence-corrected chi connectivity index (χ4v) is 0.755. The van der Waals surface area contributed by atoms with Crippen LogP contribution in [0.2, 0.25) is 0 Å². The van der Waals surface area contributed by atoms with Gasteiger partial charge in [0, 0.05) is 0 Å². The lowest BCUT2D eigenvalue weighted by Gasteiger charge is -1.94. The summed E-state index contributed by atoms with van der Waals surface area (Å²) in [5.74, 6) is -2.13. The van der Waals surface area contributed by atoms with Crippen molar-refractivity contribution in [2.24, 2.45) is 0 Å². The number of benzene rings is 1. The minimum absolute atomic E-state index is 0.0833. The fourth-order valence-electron chi connectivity index (χ4n) is 0.755. The maximum atomic E-state index is 10.3. The first kappa shape index (κ1) is 20.3. The van der Waals surface area contributed by atoms with Gasteiger partial charge in [0.25, 0.3) is 0 Å². The number of carboxylic acid groups (broad SMARTS) is 2. The molecule has 0 saturated carbocycles. The Bertz CT molecular complexity index is 333. The van der Waals surface area contributed by atoms with Crippen molar-refractivity contribution in [2.75, 3.05) is 26.4 Å². The third-order valence-corrected chi connectivity index (χ3v) is 1.58. The molecule has 0 saturated heterocycles. The molecule has 8 nitrogen and oxygen atoms in total. The molecule has 1 rings (SSSR count). The summed E-state index contributed by atoms with van der Waals surface area (Å²) in [5.41, 5.74) is 0.167. The van der Waals surface area contributed by atoms with Crippen LogP contribution in [0.3, 0.4) is 0 Å². The van der Waals surface area contributed by atoms with Crippen molar-refractivity contribution in [1.29, 1.82) is 0 Å². The highest BCUT2D eigenvalue weighted by Crippen LogP contribution is 2.03. The van der Waals surface area contributed by atoms with Crippen LogP contribution in [-0.4, -0.2) is 69.0 Å². The van der Waals surface area contributed by atoms with Gasteiger partial charge in [-0.15, -0.1) is 0 Å². The van der Waals surface area contributed by atoms with E-state index in [4.69, 9.17) is 30.6 Å². The molecule has 0 fully saturated rings. The number of aliphatic hydroxyl groups is 4. The minimum Gasteiger partial charge on any atom is -0.478 e. The summed E-state index contributed by atoms with van der Waals surface area (Å²) in [4.78, 5) is 20.7. The van der Waals surface area contributed by atoms with E-state index in [9.17, 15) is 9.59 Å². The van der Waals surface area contributed by atoms with Crippen LogP contribution in [0.4, 0.5) is 0 Å². The van der Waals surface area contributed by atoms with Gasteiger partial charge in [-0.25, -0.2) is 9.59 Å². The van der Waals surface area contributed by atoms with Gasteiger partial charge in [-0.2, -0.15) is 0 Å². The number of hydrogen-bond donors (Lipinski definition) is 6. The number of aromatic carboxylic acids is 2. The summed E-state index contributed by atoms with van der Waals surface area (Å²) < 4.78 is 0. The third kappa shape index (κ3) is 11.1. The van der Waals surface area contributed by atoms with E-state index in [1.165, 1.54) is 24.3 Å². The number of carbonyl (C=O) groups is 2. The predicted molar refractivity (Wildman–Crippen MR) is 68.7 cm³/mol. The normalized spacial score (nSPS) is 8.60. The van der Waals surface area contributed by atoms with Crippen LogP contribution < -0.4 is 0 Å². The van der Waals surface area contributed by atoms with Crippen molar-refractivity contribution in [2.45, 2.75) is 0 Å². The van der Waals surface area contributed by atoms with E-state index in [1.54, 1.807) is 0 Å². The minimum atomic E-state index is -1.06. The highest BCUT2D eigenvalue weighted by atomic mass is 16.4. The average molecular weight is 290 g/mol. The molecule has 0 aliphatic rings. The quantitative estimate of drug-likeness (QED) is 0.413. The number of rotatable bonds is 4. The zero-order chi connectivity index (χ0) is 16.0. The molecule has 0 aromatic heterocycles. The van der Waals surface area contributed by atoms with E-state index in [1.807, 2.05) is 0 Å². The summed E-state index contributed by atoms with van der Waals surface area (Å²) >= 11 is 0. The van der Waals surface area contributed by atoms with Crippen molar-refractivity contribution in [3.05, 3.63) is 35.4 Å². The molecule has 0 aliphatic heterocycles. The Kier molecular flexibility index (Phi) is 13.6. The number of hydrogen-bond acceptors (Lipinski definition) is 6. The summed E-state index contributed by atoms with van der Waals surface area (Å²) in [6.07, 6.45) is 0.